The summed E-state index contributed by atoms with van der Waals surface area (Å²) in [5.41, 5.74) is 0.779. The van der Waals surface area contributed by atoms with Crippen molar-refractivity contribution in [2.24, 2.45) is 4.99 Å². The lowest BCUT2D eigenvalue weighted by Gasteiger charge is -2.13. The van der Waals surface area contributed by atoms with Crippen LogP contribution in [0.1, 0.15) is 5.56 Å². The highest BCUT2D eigenvalue weighted by Crippen LogP contribution is 2.26. The van der Waals surface area contributed by atoms with Crippen molar-refractivity contribution in [3.63, 3.8) is 0 Å². The van der Waals surface area contributed by atoms with Gasteiger partial charge in [-0.15, -0.1) is 0 Å². The number of hydrogen-bond acceptors (Lipinski definition) is 5. The van der Waals surface area contributed by atoms with Gasteiger partial charge >= 0.3 is 0 Å². The van der Waals surface area contributed by atoms with Crippen molar-refractivity contribution in [1.29, 1.82) is 0 Å². The van der Waals surface area contributed by atoms with E-state index in [1.165, 1.54) is 24.6 Å². The summed E-state index contributed by atoms with van der Waals surface area (Å²) in [4.78, 5) is 3.94. The molecule has 2 rings (SSSR count). The molecular formula is C14H13NO4. The van der Waals surface area contributed by atoms with Crippen LogP contribution in [0.4, 0.5) is 0 Å². The van der Waals surface area contributed by atoms with Crippen LogP contribution in [0.25, 0.3) is 0 Å². The van der Waals surface area contributed by atoms with E-state index in [4.69, 9.17) is 0 Å². The quantitative estimate of drug-likeness (QED) is 0.481. The monoisotopic (exact) mass is 259 g/mol. The van der Waals surface area contributed by atoms with Crippen molar-refractivity contribution in [2.45, 2.75) is 6.10 Å². The maximum absolute atomic E-state index is 9.63. The van der Waals surface area contributed by atoms with Crippen LogP contribution in [-0.4, -0.2) is 32.7 Å². The highest BCUT2D eigenvalue weighted by Gasteiger charge is 2.15. The van der Waals surface area contributed by atoms with Gasteiger partial charge in [0, 0.05) is 23.6 Å². The first-order valence-corrected chi connectivity index (χ1v) is 5.59. The van der Waals surface area contributed by atoms with Gasteiger partial charge in [-0.1, -0.05) is 18.2 Å². The molecule has 1 aromatic carbocycles. The molecule has 0 bridgehead atoms. The van der Waals surface area contributed by atoms with E-state index in [-0.39, 0.29) is 17.3 Å². The number of hydrogen-bond donors (Lipinski definition) is 4. The second-order valence-corrected chi connectivity index (χ2v) is 3.98. The van der Waals surface area contributed by atoms with Crippen LogP contribution < -0.4 is 0 Å². The molecule has 1 unspecified atom stereocenters. The number of aliphatic hydroxyl groups is 2. The minimum Gasteiger partial charge on any atom is -0.509 e. The summed E-state index contributed by atoms with van der Waals surface area (Å²) in [6, 6.07) is 4.52. The SMILES string of the molecule is OC1=CC=CC(=CN=Cc2cccc(O)c2O)C1O. The summed E-state index contributed by atoms with van der Waals surface area (Å²) in [6.07, 6.45) is 6.22. The average Bonchev–Trinajstić information content (AvgIpc) is 2.39. The highest BCUT2D eigenvalue weighted by atomic mass is 16.3. The molecule has 0 amide bonds. The zero-order valence-corrected chi connectivity index (χ0v) is 9.93. The van der Waals surface area contributed by atoms with Gasteiger partial charge in [0.15, 0.2) is 11.5 Å². The lowest BCUT2D eigenvalue weighted by molar-refractivity contribution is 0.184. The number of aliphatic hydroxyl groups excluding tert-OH is 2. The fraction of sp³-hybridized carbons (Fsp3) is 0.0714. The smallest absolute Gasteiger partial charge is 0.166 e. The first-order chi connectivity index (χ1) is 9.09. The third-order valence-corrected chi connectivity index (χ3v) is 2.63. The predicted molar refractivity (Wildman–Crippen MR) is 71.3 cm³/mol. The van der Waals surface area contributed by atoms with Crippen molar-refractivity contribution in [2.75, 3.05) is 0 Å². The molecule has 1 aliphatic rings. The summed E-state index contributed by atoms with van der Waals surface area (Å²) < 4.78 is 0. The van der Waals surface area contributed by atoms with Crippen molar-refractivity contribution in [3.05, 3.63) is 59.5 Å². The van der Waals surface area contributed by atoms with Crippen molar-refractivity contribution < 1.29 is 20.4 Å². The number of phenolic OH excluding ortho intramolecular Hbond substituents is 2. The van der Waals surface area contributed by atoms with Gasteiger partial charge in [0.1, 0.15) is 11.9 Å². The molecule has 19 heavy (non-hydrogen) atoms. The topological polar surface area (TPSA) is 93.3 Å². The van der Waals surface area contributed by atoms with E-state index >= 15 is 0 Å². The van der Waals surface area contributed by atoms with Crippen LogP contribution in [0.2, 0.25) is 0 Å². The van der Waals surface area contributed by atoms with Crippen LogP contribution >= 0.6 is 0 Å². The predicted octanol–water partition coefficient (Wildman–Crippen LogP) is 1.77. The standard InChI is InChI=1S/C14H13NO4/c16-11-5-1-3-9(13(11)18)7-15-8-10-4-2-6-12(17)14(10)19/h1-8,13,16-19H. The van der Waals surface area contributed by atoms with Crippen LogP contribution in [0, 0.1) is 0 Å². The van der Waals surface area contributed by atoms with E-state index in [1.54, 1.807) is 24.3 Å². The Bertz CT molecular complexity index is 599. The van der Waals surface area contributed by atoms with Gasteiger partial charge in [-0.3, -0.25) is 4.99 Å². The summed E-state index contributed by atoms with van der Waals surface area (Å²) in [7, 11) is 0. The van der Waals surface area contributed by atoms with Gasteiger partial charge in [0.25, 0.3) is 0 Å². The van der Waals surface area contributed by atoms with E-state index in [1.807, 2.05) is 0 Å². The van der Waals surface area contributed by atoms with Gasteiger partial charge in [-0.25, -0.2) is 0 Å². The molecule has 0 aromatic heterocycles. The molecule has 1 aromatic rings. The van der Waals surface area contributed by atoms with E-state index < -0.39 is 6.10 Å². The molecule has 0 aliphatic heterocycles. The fourth-order valence-corrected chi connectivity index (χ4v) is 1.58. The molecule has 0 fully saturated rings. The zero-order chi connectivity index (χ0) is 13.8. The summed E-state index contributed by atoms with van der Waals surface area (Å²) in [5.74, 6) is -0.633. The summed E-state index contributed by atoms with van der Waals surface area (Å²) >= 11 is 0. The number of para-hydroxylation sites is 1. The van der Waals surface area contributed by atoms with E-state index in [2.05, 4.69) is 4.99 Å². The third kappa shape index (κ3) is 2.83. The molecule has 5 nitrogen and oxygen atoms in total. The molecule has 0 spiro atoms. The Balaban J connectivity index is 2.18. The van der Waals surface area contributed by atoms with Crippen LogP contribution in [-0.2, 0) is 0 Å². The Morgan fingerprint density at radius 1 is 1.16 bits per heavy atom. The normalized spacial score (nSPS) is 21.0. The Morgan fingerprint density at radius 3 is 2.74 bits per heavy atom. The van der Waals surface area contributed by atoms with Crippen molar-refractivity contribution in [1.82, 2.24) is 0 Å². The maximum atomic E-state index is 9.63. The molecule has 98 valence electrons. The Hall–Kier alpha value is -2.53. The second kappa shape index (κ2) is 5.41. The molecule has 0 saturated heterocycles. The van der Waals surface area contributed by atoms with E-state index in [0.29, 0.717) is 11.1 Å². The number of phenols is 2. The number of benzene rings is 1. The fourth-order valence-electron chi connectivity index (χ4n) is 1.58. The van der Waals surface area contributed by atoms with Crippen molar-refractivity contribution in [3.8, 4) is 11.5 Å². The largest absolute Gasteiger partial charge is 0.509 e. The Morgan fingerprint density at radius 2 is 1.95 bits per heavy atom. The van der Waals surface area contributed by atoms with E-state index in [0.717, 1.165) is 0 Å². The first-order valence-electron chi connectivity index (χ1n) is 5.59. The Labute approximate surface area is 109 Å². The number of rotatable bonds is 2. The number of aliphatic imine (C=N–C) groups is 1. The van der Waals surface area contributed by atoms with Gasteiger partial charge < -0.3 is 20.4 Å². The van der Waals surface area contributed by atoms with Crippen LogP contribution in [0.15, 0.2) is 59.0 Å². The molecule has 0 heterocycles. The first kappa shape index (κ1) is 12.9. The molecule has 1 aliphatic carbocycles. The van der Waals surface area contributed by atoms with Gasteiger partial charge in [0.2, 0.25) is 0 Å². The van der Waals surface area contributed by atoms with Gasteiger partial charge in [0.05, 0.1) is 0 Å². The molecule has 5 heteroatoms. The molecule has 0 saturated carbocycles. The molecule has 4 N–H and O–H groups in total. The Kier molecular flexibility index (Phi) is 3.68. The van der Waals surface area contributed by atoms with Crippen LogP contribution in [0.3, 0.4) is 0 Å². The number of allylic oxidation sites excluding steroid dienone is 2. The third-order valence-electron chi connectivity index (χ3n) is 2.63. The average molecular weight is 259 g/mol. The zero-order valence-electron chi connectivity index (χ0n) is 9.93. The lowest BCUT2D eigenvalue weighted by atomic mass is 10.0. The minimum absolute atomic E-state index is 0.149. The van der Waals surface area contributed by atoms with Gasteiger partial charge in [-0.05, 0) is 18.2 Å². The van der Waals surface area contributed by atoms with Crippen molar-refractivity contribution >= 4 is 6.21 Å². The summed E-state index contributed by atoms with van der Waals surface area (Å²) in [5, 5.41) is 37.8. The number of aromatic hydroxyl groups is 2. The lowest BCUT2D eigenvalue weighted by Crippen LogP contribution is -2.14. The molecular weight excluding hydrogens is 246 g/mol. The summed E-state index contributed by atoms with van der Waals surface area (Å²) in [6.45, 7) is 0. The molecule has 0 radical (unpaired) electrons. The number of nitrogens with zero attached hydrogens (tertiary/aromatic N) is 1. The van der Waals surface area contributed by atoms with Gasteiger partial charge in [-0.2, -0.15) is 0 Å². The van der Waals surface area contributed by atoms with E-state index in [9.17, 15) is 20.4 Å². The highest BCUT2D eigenvalue weighted by molar-refractivity contribution is 5.85. The van der Waals surface area contributed by atoms with Crippen LogP contribution in [0.5, 0.6) is 11.5 Å². The second-order valence-electron chi connectivity index (χ2n) is 3.98. The maximum Gasteiger partial charge on any atom is 0.166 e. The molecule has 1 atom stereocenters. The minimum atomic E-state index is -1.10.